The minimum absolute atomic E-state index is 0.0413. The van der Waals surface area contributed by atoms with Crippen LogP contribution in [0.5, 0.6) is 0 Å². The van der Waals surface area contributed by atoms with Crippen molar-refractivity contribution in [1.82, 2.24) is 20.0 Å². The Hall–Kier alpha value is -3.64. The molecule has 2 N–H and O–H groups in total. The van der Waals surface area contributed by atoms with Gasteiger partial charge < -0.3 is 25.3 Å². The number of nitrogens with zero attached hydrogens (tertiary/aromatic N) is 5. The van der Waals surface area contributed by atoms with E-state index >= 15 is 0 Å². The second-order valence-corrected chi connectivity index (χ2v) is 9.38. The summed E-state index contributed by atoms with van der Waals surface area (Å²) in [5.41, 5.74) is 6.15. The van der Waals surface area contributed by atoms with Gasteiger partial charge in [0.25, 0.3) is 0 Å². The number of rotatable bonds is 6. The summed E-state index contributed by atoms with van der Waals surface area (Å²) in [6.45, 7) is 4.92. The molecule has 0 radical (unpaired) electrons. The lowest BCUT2D eigenvalue weighted by molar-refractivity contribution is -0.129. The van der Waals surface area contributed by atoms with Crippen LogP contribution in [-0.2, 0) is 22.5 Å². The third-order valence-corrected chi connectivity index (χ3v) is 7.30. The number of carbonyl (C=O) groups is 1. The molecular formula is C26H31N7O2. The van der Waals surface area contributed by atoms with E-state index in [0.29, 0.717) is 32.7 Å². The molecule has 9 nitrogen and oxygen atoms in total. The molecule has 3 aliphatic rings. The Morgan fingerprint density at radius 2 is 2.29 bits per heavy atom. The van der Waals surface area contributed by atoms with Crippen molar-refractivity contribution in [3.63, 3.8) is 0 Å². The van der Waals surface area contributed by atoms with Crippen LogP contribution in [0.15, 0.2) is 24.4 Å². The zero-order valence-electron chi connectivity index (χ0n) is 20.3. The number of nitriles is 1. The molecule has 1 amide bonds. The van der Waals surface area contributed by atoms with E-state index in [0.717, 1.165) is 53.2 Å². The number of benzene rings is 1. The van der Waals surface area contributed by atoms with Gasteiger partial charge in [0.1, 0.15) is 0 Å². The molecule has 5 rings (SSSR count). The lowest BCUT2D eigenvalue weighted by Gasteiger charge is -2.28. The maximum absolute atomic E-state index is 12.2. The van der Waals surface area contributed by atoms with Crippen molar-refractivity contribution in [3.05, 3.63) is 46.8 Å². The minimum Gasteiger partial charge on any atom is -0.393 e. The van der Waals surface area contributed by atoms with Crippen LogP contribution < -0.4 is 10.2 Å². The van der Waals surface area contributed by atoms with Crippen molar-refractivity contribution in [2.45, 2.75) is 44.7 Å². The molecule has 0 spiro atoms. The van der Waals surface area contributed by atoms with Gasteiger partial charge in [-0.2, -0.15) is 10.4 Å². The highest BCUT2D eigenvalue weighted by Gasteiger charge is 2.37. The number of fused-ring (bicyclic) bond motifs is 2. The lowest BCUT2D eigenvalue weighted by Crippen LogP contribution is -2.35. The van der Waals surface area contributed by atoms with E-state index in [4.69, 9.17) is 15.2 Å². The van der Waals surface area contributed by atoms with E-state index in [-0.39, 0.29) is 17.9 Å². The summed E-state index contributed by atoms with van der Waals surface area (Å²) in [5.74, 6) is 0.993. The maximum atomic E-state index is 12.2. The maximum Gasteiger partial charge on any atom is 0.219 e. The third kappa shape index (κ3) is 4.08. The summed E-state index contributed by atoms with van der Waals surface area (Å²) < 4.78 is 7.81. The molecule has 0 aliphatic carbocycles. The van der Waals surface area contributed by atoms with Crippen molar-refractivity contribution in [1.29, 1.82) is 10.7 Å². The molecule has 9 heteroatoms. The number of allylic oxidation sites excluding steroid dienone is 1. The second kappa shape index (κ2) is 9.55. The van der Waals surface area contributed by atoms with Crippen LogP contribution in [0.1, 0.15) is 54.1 Å². The number of hydrogen-bond donors (Lipinski definition) is 2. The summed E-state index contributed by atoms with van der Waals surface area (Å²) in [6.07, 6.45) is 5.26. The normalized spacial score (nSPS) is 21.5. The predicted octanol–water partition coefficient (Wildman–Crippen LogP) is 3.11. The van der Waals surface area contributed by atoms with Gasteiger partial charge in [0.2, 0.25) is 5.91 Å². The molecule has 1 aromatic heterocycles. The van der Waals surface area contributed by atoms with Crippen molar-refractivity contribution < 1.29 is 9.53 Å². The summed E-state index contributed by atoms with van der Waals surface area (Å²) in [6, 6.07) is 8.75. The molecule has 4 heterocycles. The fourth-order valence-electron chi connectivity index (χ4n) is 5.50. The summed E-state index contributed by atoms with van der Waals surface area (Å²) in [5, 5.41) is 25.5. The molecule has 2 unspecified atom stereocenters. The first kappa shape index (κ1) is 23.1. The SMILES string of the molecule is CN/C=C(\C=N)c1ccc2c(c1)C(CC#N)CN2c1nn(C2CCOC2)c2c1CN(C(C)=O)CC2. The second-order valence-electron chi connectivity index (χ2n) is 9.38. The minimum atomic E-state index is 0.0413. The smallest absolute Gasteiger partial charge is 0.219 e. The van der Waals surface area contributed by atoms with Gasteiger partial charge in [-0.15, -0.1) is 0 Å². The third-order valence-electron chi connectivity index (χ3n) is 7.30. The number of hydrogen-bond acceptors (Lipinski definition) is 7. The molecule has 35 heavy (non-hydrogen) atoms. The summed E-state index contributed by atoms with van der Waals surface area (Å²) >= 11 is 0. The molecule has 182 valence electrons. The van der Waals surface area contributed by atoms with E-state index in [1.165, 1.54) is 11.9 Å². The average molecular weight is 474 g/mol. The summed E-state index contributed by atoms with van der Waals surface area (Å²) in [4.78, 5) is 16.3. The lowest BCUT2D eigenvalue weighted by atomic mass is 9.95. The Morgan fingerprint density at radius 1 is 1.43 bits per heavy atom. The predicted molar refractivity (Wildman–Crippen MR) is 134 cm³/mol. The molecule has 2 atom stereocenters. The molecule has 1 aromatic carbocycles. The number of nitrogens with one attached hydrogen (secondary N) is 2. The molecule has 3 aliphatic heterocycles. The molecule has 0 bridgehead atoms. The Labute approximate surface area is 205 Å². The van der Waals surface area contributed by atoms with Crippen LogP contribution in [-0.4, -0.2) is 60.2 Å². The van der Waals surface area contributed by atoms with Crippen LogP contribution >= 0.6 is 0 Å². The van der Waals surface area contributed by atoms with E-state index in [1.807, 2.05) is 18.0 Å². The van der Waals surface area contributed by atoms with Crippen LogP contribution in [0.2, 0.25) is 0 Å². The first-order valence-electron chi connectivity index (χ1n) is 12.2. The van der Waals surface area contributed by atoms with Gasteiger partial charge >= 0.3 is 0 Å². The number of ether oxygens (including phenoxy) is 1. The van der Waals surface area contributed by atoms with E-state index in [9.17, 15) is 10.1 Å². The van der Waals surface area contributed by atoms with Gasteiger partial charge in [-0.25, -0.2) is 0 Å². The first-order valence-corrected chi connectivity index (χ1v) is 12.2. The number of aromatic nitrogens is 2. The van der Waals surface area contributed by atoms with Crippen LogP contribution in [0.25, 0.3) is 5.57 Å². The Bertz CT molecular complexity index is 1220. The topological polar surface area (TPSA) is 110 Å². The van der Waals surface area contributed by atoms with Crippen LogP contribution in [0.4, 0.5) is 11.5 Å². The highest BCUT2D eigenvalue weighted by atomic mass is 16.5. The number of anilines is 2. The van der Waals surface area contributed by atoms with E-state index in [1.54, 1.807) is 13.1 Å². The standard InChI is InChI=1S/C26H31N7O2/c1-17(34)31-9-6-25-23(15-31)26(30-33(25)21-7-10-35-16-21)32-14-19(5-8-27)22-11-18(3-4-24(22)32)20(12-28)13-29-2/h3-4,11-13,19,21,28-29H,5-7,9-10,14-16H2,1-2H3/b20-13+,28-12?. The van der Waals surface area contributed by atoms with Gasteiger partial charge in [-0.05, 0) is 29.7 Å². The Kier molecular flexibility index (Phi) is 6.31. The largest absolute Gasteiger partial charge is 0.393 e. The molecule has 1 fully saturated rings. The quantitative estimate of drug-likeness (QED) is 0.624. The van der Waals surface area contributed by atoms with Crippen molar-refractivity contribution in [3.8, 4) is 6.07 Å². The monoisotopic (exact) mass is 473 g/mol. The van der Waals surface area contributed by atoms with E-state index in [2.05, 4.69) is 33.1 Å². The summed E-state index contributed by atoms with van der Waals surface area (Å²) in [7, 11) is 1.82. The fourth-order valence-corrected chi connectivity index (χ4v) is 5.50. The zero-order valence-corrected chi connectivity index (χ0v) is 20.3. The first-order chi connectivity index (χ1) is 17.0. The van der Waals surface area contributed by atoms with Gasteiger partial charge in [0.05, 0.1) is 25.3 Å². The molecule has 1 saturated heterocycles. The highest BCUT2D eigenvalue weighted by Crippen LogP contribution is 2.45. The zero-order chi connectivity index (χ0) is 24.5. The molecular weight excluding hydrogens is 442 g/mol. The Balaban J connectivity index is 1.60. The van der Waals surface area contributed by atoms with E-state index < -0.39 is 0 Å². The van der Waals surface area contributed by atoms with Crippen LogP contribution in [0.3, 0.4) is 0 Å². The van der Waals surface area contributed by atoms with Gasteiger partial charge in [0, 0.05) is 87.4 Å². The van der Waals surface area contributed by atoms with Gasteiger partial charge in [0.15, 0.2) is 5.82 Å². The molecule has 2 aromatic rings. The average Bonchev–Trinajstić information content (AvgIpc) is 3.60. The van der Waals surface area contributed by atoms with Gasteiger partial charge in [-0.1, -0.05) is 6.07 Å². The van der Waals surface area contributed by atoms with Crippen LogP contribution in [0, 0.1) is 16.7 Å². The molecule has 0 saturated carbocycles. The van der Waals surface area contributed by atoms with Crippen molar-refractivity contribution >= 4 is 29.2 Å². The highest BCUT2D eigenvalue weighted by molar-refractivity contribution is 6.08. The van der Waals surface area contributed by atoms with Crippen molar-refractivity contribution in [2.24, 2.45) is 0 Å². The van der Waals surface area contributed by atoms with Gasteiger partial charge in [-0.3, -0.25) is 9.48 Å². The Morgan fingerprint density at radius 3 is 2.97 bits per heavy atom. The fraction of sp³-hybridized carbons (Fsp3) is 0.462. The number of carbonyl (C=O) groups excluding carboxylic acids is 1. The number of amides is 1. The van der Waals surface area contributed by atoms with Crippen molar-refractivity contribution in [2.75, 3.05) is 38.3 Å².